The molecule has 1 aliphatic heterocycles. The SMILES string of the molecule is CCCCCCCCCCCCc1ccc(C=CC2=NN(c3ccc(C(C)(C)C)cc3)C(c3ccc(CCCCCCCCCCCC)cc3)C2)cc1. The van der Waals surface area contributed by atoms with Crippen molar-refractivity contribution in [2.24, 2.45) is 5.10 Å². The van der Waals surface area contributed by atoms with E-state index in [0.29, 0.717) is 0 Å². The molecule has 0 spiro atoms. The largest absolute Gasteiger partial charge is 0.257 e. The number of aryl methyl sites for hydroxylation is 2. The van der Waals surface area contributed by atoms with E-state index in [1.165, 1.54) is 169 Å². The highest BCUT2D eigenvalue weighted by Crippen LogP contribution is 2.37. The van der Waals surface area contributed by atoms with E-state index in [0.717, 1.165) is 17.8 Å². The van der Waals surface area contributed by atoms with Crippen LogP contribution in [0.5, 0.6) is 0 Å². The highest BCUT2D eigenvalue weighted by molar-refractivity contribution is 6.01. The van der Waals surface area contributed by atoms with Crippen molar-refractivity contribution in [3.05, 3.63) is 107 Å². The minimum atomic E-state index is 0.132. The van der Waals surface area contributed by atoms with Gasteiger partial charge in [0.25, 0.3) is 0 Å². The van der Waals surface area contributed by atoms with Crippen molar-refractivity contribution in [3.63, 3.8) is 0 Å². The van der Waals surface area contributed by atoms with Crippen molar-refractivity contribution in [2.75, 3.05) is 5.01 Å². The monoisotopic (exact) mass is 717 g/mol. The molecule has 53 heavy (non-hydrogen) atoms. The minimum absolute atomic E-state index is 0.132. The summed E-state index contributed by atoms with van der Waals surface area (Å²) >= 11 is 0. The smallest absolute Gasteiger partial charge is 0.0831 e. The first-order chi connectivity index (χ1) is 25.9. The van der Waals surface area contributed by atoms with Crippen molar-refractivity contribution < 1.29 is 0 Å². The van der Waals surface area contributed by atoms with Gasteiger partial charge < -0.3 is 0 Å². The Labute approximate surface area is 327 Å². The first-order valence-electron chi connectivity index (χ1n) is 22.2. The summed E-state index contributed by atoms with van der Waals surface area (Å²) in [4.78, 5) is 0. The van der Waals surface area contributed by atoms with Crippen LogP contribution in [-0.2, 0) is 18.3 Å². The number of hydrogen-bond acceptors (Lipinski definition) is 2. The lowest BCUT2D eigenvalue weighted by Gasteiger charge is -2.26. The Morgan fingerprint density at radius 3 is 1.42 bits per heavy atom. The zero-order valence-electron chi connectivity index (χ0n) is 34.8. The molecule has 0 bridgehead atoms. The van der Waals surface area contributed by atoms with Gasteiger partial charge in [-0.2, -0.15) is 5.10 Å². The fourth-order valence-corrected chi connectivity index (χ4v) is 7.77. The second-order valence-electron chi connectivity index (χ2n) is 17.1. The van der Waals surface area contributed by atoms with Crippen LogP contribution in [0.25, 0.3) is 6.08 Å². The molecule has 290 valence electrons. The van der Waals surface area contributed by atoms with Gasteiger partial charge in [0.1, 0.15) is 0 Å². The van der Waals surface area contributed by atoms with Crippen LogP contribution in [-0.4, -0.2) is 5.71 Å². The molecule has 0 amide bonds. The molecule has 0 aliphatic carbocycles. The van der Waals surface area contributed by atoms with E-state index in [-0.39, 0.29) is 11.5 Å². The third-order valence-corrected chi connectivity index (χ3v) is 11.4. The molecule has 0 fully saturated rings. The van der Waals surface area contributed by atoms with Crippen molar-refractivity contribution in [1.82, 2.24) is 0 Å². The van der Waals surface area contributed by atoms with Crippen LogP contribution in [0.1, 0.15) is 203 Å². The van der Waals surface area contributed by atoms with E-state index in [2.05, 4.69) is 125 Å². The predicted molar refractivity (Wildman–Crippen MR) is 235 cm³/mol. The average Bonchev–Trinajstić information content (AvgIpc) is 3.60. The van der Waals surface area contributed by atoms with E-state index in [4.69, 9.17) is 5.10 Å². The molecule has 3 aromatic rings. The van der Waals surface area contributed by atoms with Crippen LogP contribution in [0.2, 0.25) is 0 Å². The number of nitrogens with zero attached hydrogens (tertiary/aromatic N) is 2. The summed E-state index contributed by atoms with van der Waals surface area (Å²) < 4.78 is 0. The van der Waals surface area contributed by atoms with E-state index in [1.807, 2.05) is 0 Å². The molecule has 0 saturated carbocycles. The van der Waals surface area contributed by atoms with Crippen LogP contribution in [0, 0.1) is 0 Å². The quantitative estimate of drug-likeness (QED) is 0.0755. The van der Waals surface area contributed by atoms with Crippen molar-refractivity contribution in [3.8, 4) is 0 Å². The van der Waals surface area contributed by atoms with E-state index < -0.39 is 0 Å². The van der Waals surface area contributed by atoms with Crippen LogP contribution in [0.15, 0.2) is 84.0 Å². The molecule has 2 nitrogen and oxygen atoms in total. The topological polar surface area (TPSA) is 15.6 Å². The van der Waals surface area contributed by atoms with Crippen LogP contribution in [0.4, 0.5) is 5.69 Å². The average molecular weight is 717 g/mol. The van der Waals surface area contributed by atoms with Crippen molar-refractivity contribution in [2.45, 2.75) is 194 Å². The van der Waals surface area contributed by atoms with Gasteiger partial charge in [0.2, 0.25) is 0 Å². The maximum Gasteiger partial charge on any atom is 0.0831 e. The van der Waals surface area contributed by atoms with Gasteiger partial charge in [0.15, 0.2) is 0 Å². The number of benzene rings is 3. The molecule has 2 heteroatoms. The summed E-state index contributed by atoms with van der Waals surface area (Å²) in [6.45, 7) is 11.4. The van der Waals surface area contributed by atoms with Gasteiger partial charge in [0, 0.05) is 6.42 Å². The maximum atomic E-state index is 5.22. The number of unbranched alkanes of at least 4 members (excludes halogenated alkanes) is 18. The second-order valence-corrected chi connectivity index (χ2v) is 17.1. The zero-order valence-corrected chi connectivity index (χ0v) is 34.8. The van der Waals surface area contributed by atoms with Crippen LogP contribution < -0.4 is 5.01 Å². The predicted octanol–water partition coefficient (Wildman–Crippen LogP) is 15.9. The molecule has 0 radical (unpaired) electrons. The Balaban J connectivity index is 1.28. The number of anilines is 1. The van der Waals surface area contributed by atoms with Crippen LogP contribution in [0.3, 0.4) is 0 Å². The van der Waals surface area contributed by atoms with Crippen molar-refractivity contribution >= 4 is 17.5 Å². The fourth-order valence-electron chi connectivity index (χ4n) is 7.77. The number of hydrazone groups is 1. The van der Waals surface area contributed by atoms with Crippen LogP contribution >= 0.6 is 0 Å². The molecule has 3 aromatic carbocycles. The number of allylic oxidation sites excluding steroid dienone is 1. The Morgan fingerprint density at radius 1 is 0.528 bits per heavy atom. The highest BCUT2D eigenvalue weighted by Gasteiger charge is 2.28. The second kappa shape index (κ2) is 24.3. The summed E-state index contributed by atoms with van der Waals surface area (Å²) in [5.74, 6) is 0. The molecule has 1 aliphatic rings. The lowest BCUT2D eigenvalue weighted by atomic mass is 9.87. The normalized spacial score (nSPS) is 14.8. The number of rotatable bonds is 26. The van der Waals surface area contributed by atoms with Gasteiger partial charge in [0.05, 0.1) is 17.4 Å². The van der Waals surface area contributed by atoms with Gasteiger partial charge in [-0.15, -0.1) is 0 Å². The van der Waals surface area contributed by atoms with Crippen molar-refractivity contribution in [1.29, 1.82) is 0 Å². The lowest BCUT2D eigenvalue weighted by molar-refractivity contribution is 0.556. The van der Waals surface area contributed by atoms with Gasteiger partial charge in [-0.05, 0) is 77.1 Å². The standard InChI is InChI=1S/C51H76N2/c1-6-8-10-12-14-16-18-20-22-24-26-43-28-30-45(31-29-43)34-39-48-42-50(53(52-48)49-40-37-47(38-41-49)51(3,4)5)46-35-32-44(33-36-46)27-25-23-21-19-17-15-13-11-9-7-2/h28-41,50H,6-27,42H2,1-5H3. The first-order valence-corrected chi connectivity index (χ1v) is 22.2. The van der Waals surface area contributed by atoms with E-state index in [1.54, 1.807) is 0 Å². The number of hydrogen-bond donors (Lipinski definition) is 0. The summed E-state index contributed by atoms with van der Waals surface area (Å²) in [5.41, 5.74) is 9.31. The first kappa shape index (κ1) is 42.6. The fraction of sp³-hybridized carbons (Fsp3) is 0.588. The third kappa shape index (κ3) is 16.0. The Bertz CT molecular complexity index is 1440. The molecule has 0 saturated heterocycles. The van der Waals surface area contributed by atoms with Gasteiger partial charge >= 0.3 is 0 Å². The van der Waals surface area contributed by atoms with E-state index in [9.17, 15) is 0 Å². The van der Waals surface area contributed by atoms with Gasteiger partial charge in [-0.3, -0.25) is 5.01 Å². The summed E-state index contributed by atoms with van der Waals surface area (Å²) in [6.07, 6.45) is 35.6. The maximum absolute atomic E-state index is 5.22. The molecule has 0 N–H and O–H groups in total. The van der Waals surface area contributed by atoms with Gasteiger partial charge in [-0.25, -0.2) is 0 Å². The molecule has 0 aromatic heterocycles. The Kier molecular flexibility index (Phi) is 19.5. The minimum Gasteiger partial charge on any atom is -0.257 e. The summed E-state index contributed by atoms with van der Waals surface area (Å²) in [6, 6.07) is 28.0. The highest BCUT2D eigenvalue weighted by atomic mass is 15.5. The zero-order chi connectivity index (χ0) is 37.6. The summed E-state index contributed by atoms with van der Waals surface area (Å²) in [7, 11) is 0. The molecular formula is C51H76N2. The Hall–Kier alpha value is -3.13. The molecule has 1 heterocycles. The third-order valence-electron chi connectivity index (χ3n) is 11.4. The molecule has 1 atom stereocenters. The van der Waals surface area contributed by atoms with Gasteiger partial charge in [-0.1, -0.05) is 217 Å². The molecule has 1 unspecified atom stereocenters. The Morgan fingerprint density at radius 2 is 0.962 bits per heavy atom. The lowest BCUT2D eigenvalue weighted by Crippen LogP contribution is -2.19. The molecule has 4 rings (SSSR count). The van der Waals surface area contributed by atoms with E-state index >= 15 is 0 Å². The summed E-state index contributed by atoms with van der Waals surface area (Å²) in [5, 5.41) is 7.48. The molecular weight excluding hydrogens is 641 g/mol.